The molecule has 0 aliphatic heterocycles. The first-order valence-electron chi connectivity index (χ1n) is 4.52. The number of hydrogen-bond acceptors (Lipinski definition) is 3. The SMILES string of the molecule is Cc1nc(Oc2ccc(I)cc2)sc1C. The molecule has 4 heteroatoms. The van der Waals surface area contributed by atoms with Gasteiger partial charge in [-0.15, -0.1) is 0 Å². The molecular weight excluding hydrogens is 321 g/mol. The molecule has 1 aromatic heterocycles. The third kappa shape index (κ3) is 2.69. The summed E-state index contributed by atoms with van der Waals surface area (Å²) in [6, 6.07) is 7.94. The molecule has 2 rings (SSSR count). The van der Waals surface area contributed by atoms with E-state index in [1.807, 2.05) is 38.1 Å². The first-order valence-corrected chi connectivity index (χ1v) is 6.42. The van der Waals surface area contributed by atoms with Crippen molar-refractivity contribution < 1.29 is 4.74 Å². The van der Waals surface area contributed by atoms with E-state index >= 15 is 0 Å². The summed E-state index contributed by atoms with van der Waals surface area (Å²) in [5, 5.41) is 0.714. The Labute approximate surface area is 106 Å². The quantitative estimate of drug-likeness (QED) is 0.771. The molecule has 0 aliphatic carbocycles. The Morgan fingerprint density at radius 2 is 1.87 bits per heavy atom. The molecule has 0 amide bonds. The molecule has 0 fully saturated rings. The molecule has 78 valence electrons. The maximum Gasteiger partial charge on any atom is 0.279 e. The van der Waals surface area contributed by atoms with Gasteiger partial charge in [-0.1, -0.05) is 11.3 Å². The van der Waals surface area contributed by atoms with Crippen LogP contribution < -0.4 is 4.74 Å². The summed E-state index contributed by atoms with van der Waals surface area (Å²) < 4.78 is 6.84. The third-order valence-corrected chi connectivity index (χ3v) is 3.70. The van der Waals surface area contributed by atoms with Gasteiger partial charge in [0.05, 0.1) is 5.69 Å². The molecule has 0 atom stereocenters. The summed E-state index contributed by atoms with van der Waals surface area (Å²) in [7, 11) is 0. The zero-order valence-electron chi connectivity index (χ0n) is 8.45. The molecule has 0 spiro atoms. The number of benzene rings is 1. The van der Waals surface area contributed by atoms with Gasteiger partial charge in [-0.25, -0.2) is 4.98 Å². The second-order valence-electron chi connectivity index (χ2n) is 3.18. The monoisotopic (exact) mass is 331 g/mol. The molecular formula is C11H10INOS. The lowest BCUT2D eigenvalue weighted by Gasteiger charge is -2.00. The molecule has 0 saturated carbocycles. The Hall–Kier alpha value is -0.620. The van der Waals surface area contributed by atoms with Crippen molar-refractivity contribution in [2.45, 2.75) is 13.8 Å². The van der Waals surface area contributed by atoms with Crippen LogP contribution in [0.25, 0.3) is 0 Å². The van der Waals surface area contributed by atoms with Gasteiger partial charge in [0, 0.05) is 8.45 Å². The average Bonchev–Trinajstić information content (AvgIpc) is 2.50. The molecule has 0 aliphatic rings. The summed E-state index contributed by atoms with van der Waals surface area (Å²) in [6.45, 7) is 4.04. The van der Waals surface area contributed by atoms with E-state index in [0.717, 1.165) is 11.4 Å². The Morgan fingerprint density at radius 1 is 1.20 bits per heavy atom. The van der Waals surface area contributed by atoms with Crippen molar-refractivity contribution in [1.82, 2.24) is 4.98 Å². The van der Waals surface area contributed by atoms with Gasteiger partial charge in [-0.05, 0) is 60.7 Å². The topological polar surface area (TPSA) is 22.1 Å². The fourth-order valence-corrected chi connectivity index (χ4v) is 2.23. The van der Waals surface area contributed by atoms with Crippen molar-refractivity contribution in [3.05, 3.63) is 38.4 Å². The van der Waals surface area contributed by atoms with Crippen LogP contribution in [0.2, 0.25) is 0 Å². The lowest BCUT2D eigenvalue weighted by molar-refractivity contribution is 0.478. The Balaban J connectivity index is 2.18. The minimum atomic E-state index is 0.714. The largest absolute Gasteiger partial charge is 0.431 e. The Morgan fingerprint density at radius 3 is 2.40 bits per heavy atom. The maximum atomic E-state index is 5.64. The van der Waals surface area contributed by atoms with Gasteiger partial charge < -0.3 is 4.74 Å². The summed E-state index contributed by atoms with van der Waals surface area (Å²) in [6.07, 6.45) is 0. The van der Waals surface area contributed by atoms with E-state index in [1.165, 1.54) is 8.45 Å². The molecule has 0 bridgehead atoms. The minimum Gasteiger partial charge on any atom is -0.431 e. The first kappa shape index (κ1) is 10.9. The van der Waals surface area contributed by atoms with Gasteiger partial charge in [0.25, 0.3) is 5.19 Å². The van der Waals surface area contributed by atoms with E-state index < -0.39 is 0 Å². The summed E-state index contributed by atoms with van der Waals surface area (Å²) in [5.74, 6) is 0.837. The van der Waals surface area contributed by atoms with Crippen molar-refractivity contribution in [3.63, 3.8) is 0 Å². The van der Waals surface area contributed by atoms with Gasteiger partial charge in [-0.3, -0.25) is 0 Å². The number of nitrogens with zero attached hydrogens (tertiary/aromatic N) is 1. The van der Waals surface area contributed by atoms with Gasteiger partial charge in [-0.2, -0.15) is 0 Å². The highest BCUT2D eigenvalue weighted by Gasteiger charge is 2.05. The number of aromatic nitrogens is 1. The van der Waals surface area contributed by atoms with Crippen LogP contribution in [0.15, 0.2) is 24.3 Å². The van der Waals surface area contributed by atoms with Gasteiger partial charge in [0.1, 0.15) is 5.75 Å². The Bertz CT molecular complexity index is 444. The molecule has 2 aromatic rings. The van der Waals surface area contributed by atoms with Gasteiger partial charge >= 0.3 is 0 Å². The summed E-state index contributed by atoms with van der Waals surface area (Å²) in [5.41, 5.74) is 1.04. The molecule has 1 heterocycles. The van der Waals surface area contributed by atoms with Crippen LogP contribution in [0.1, 0.15) is 10.6 Å². The average molecular weight is 331 g/mol. The molecule has 15 heavy (non-hydrogen) atoms. The van der Waals surface area contributed by atoms with E-state index in [4.69, 9.17) is 4.74 Å². The second-order valence-corrected chi connectivity index (χ2v) is 5.59. The minimum absolute atomic E-state index is 0.714. The van der Waals surface area contributed by atoms with E-state index in [1.54, 1.807) is 11.3 Å². The predicted octanol–water partition coefficient (Wildman–Crippen LogP) is 4.16. The molecule has 0 N–H and O–H groups in total. The summed E-state index contributed by atoms with van der Waals surface area (Å²) >= 11 is 3.85. The van der Waals surface area contributed by atoms with Crippen molar-refractivity contribution >= 4 is 33.9 Å². The number of aryl methyl sites for hydroxylation is 2. The fraction of sp³-hybridized carbons (Fsp3) is 0.182. The molecule has 0 unspecified atom stereocenters. The van der Waals surface area contributed by atoms with Crippen LogP contribution >= 0.6 is 33.9 Å². The number of halogens is 1. The summed E-state index contributed by atoms with van der Waals surface area (Å²) in [4.78, 5) is 5.53. The number of ether oxygens (including phenoxy) is 1. The number of thiazole rings is 1. The van der Waals surface area contributed by atoms with Crippen LogP contribution in [0, 0.1) is 17.4 Å². The lowest BCUT2D eigenvalue weighted by atomic mass is 10.3. The highest BCUT2D eigenvalue weighted by Crippen LogP contribution is 2.28. The zero-order chi connectivity index (χ0) is 10.8. The van der Waals surface area contributed by atoms with Crippen LogP contribution in [0.4, 0.5) is 0 Å². The molecule has 0 radical (unpaired) electrons. The Kier molecular flexibility index (Phi) is 3.25. The highest BCUT2D eigenvalue weighted by atomic mass is 127. The fourth-order valence-electron chi connectivity index (χ4n) is 1.09. The first-order chi connectivity index (χ1) is 7.15. The van der Waals surface area contributed by atoms with Crippen molar-refractivity contribution in [3.8, 4) is 10.9 Å². The second kappa shape index (κ2) is 4.49. The van der Waals surface area contributed by atoms with Crippen molar-refractivity contribution in [1.29, 1.82) is 0 Å². The number of rotatable bonds is 2. The van der Waals surface area contributed by atoms with Crippen molar-refractivity contribution in [2.75, 3.05) is 0 Å². The van der Waals surface area contributed by atoms with E-state index in [-0.39, 0.29) is 0 Å². The van der Waals surface area contributed by atoms with E-state index in [0.29, 0.717) is 5.19 Å². The van der Waals surface area contributed by atoms with Crippen LogP contribution in [0.5, 0.6) is 10.9 Å². The maximum absolute atomic E-state index is 5.64. The van der Waals surface area contributed by atoms with Crippen molar-refractivity contribution in [2.24, 2.45) is 0 Å². The van der Waals surface area contributed by atoms with Gasteiger partial charge in [0.15, 0.2) is 0 Å². The predicted molar refractivity (Wildman–Crippen MR) is 70.8 cm³/mol. The van der Waals surface area contributed by atoms with E-state index in [2.05, 4.69) is 27.6 Å². The normalized spacial score (nSPS) is 10.3. The van der Waals surface area contributed by atoms with Gasteiger partial charge in [0.2, 0.25) is 0 Å². The molecule has 1 aromatic carbocycles. The van der Waals surface area contributed by atoms with E-state index in [9.17, 15) is 0 Å². The van der Waals surface area contributed by atoms with Crippen LogP contribution in [0.3, 0.4) is 0 Å². The highest BCUT2D eigenvalue weighted by molar-refractivity contribution is 14.1. The smallest absolute Gasteiger partial charge is 0.279 e. The van der Waals surface area contributed by atoms with Crippen LogP contribution in [-0.2, 0) is 0 Å². The zero-order valence-corrected chi connectivity index (χ0v) is 11.4. The molecule has 2 nitrogen and oxygen atoms in total. The standard InChI is InChI=1S/C11H10INOS/c1-7-8(2)15-11(13-7)14-10-5-3-9(12)4-6-10/h3-6H,1-2H3. The third-order valence-electron chi connectivity index (χ3n) is 2.03. The molecule has 0 saturated heterocycles. The van der Waals surface area contributed by atoms with Crippen LogP contribution in [-0.4, -0.2) is 4.98 Å². The lowest BCUT2D eigenvalue weighted by Crippen LogP contribution is -1.83. The number of hydrogen-bond donors (Lipinski definition) is 0.